The normalized spacial score (nSPS) is 13.1. The molecule has 0 atom stereocenters. The summed E-state index contributed by atoms with van der Waals surface area (Å²) in [5.41, 5.74) is 14.7. The number of aromatic nitrogens is 1. The molecule has 2 nitrogen and oxygen atoms in total. The molecule has 0 amide bonds. The molecule has 10 rings (SSSR count). The standard InChI is InChI=1S/C49H36N2/c1-49(2)44-25-15-14-24-40(44)41-28-26-37(31-45(41)49)50(35-19-8-4-9-20-35)38-27-29-42-46(32-38)51(36-21-10-5-11-22-36)48-39-23-13-12-18-34(39)30-43(47(42)48)33-16-6-3-7-17-33/h3-32H,1-2H3. The van der Waals surface area contributed by atoms with E-state index in [2.05, 4.69) is 205 Å². The summed E-state index contributed by atoms with van der Waals surface area (Å²) >= 11 is 0. The molecule has 1 aliphatic carbocycles. The molecular weight excluding hydrogens is 617 g/mol. The van der Waals surface area contributed by atoms with E-state index in [1.807, 2.05) is 0 Å². The molecule has 9 aromatic rings. The SMILES string of the molecule is CC1(C)c2ccccc2-c2ccc(N(c3ccccc3)c3ccc4c5c(-c6ccccc6)cc6ccccc6c5n(-c5ccccc5)c4c3)cc21. The fraction of sp³-hybridized carbons (Fsp3) is 0.0612. The number of rotatable bonds is 5. The van der Waals surface area contributed by atoms with Crippen molar-refractivity contribution in [2.45, 2.75) is 19.3 Å². The Balaban J connectivity index is 1.28. The van der Waals surface area contributed by atoms with Crippen molar-refractivity contribution in [2.75, 3.05) is 4.90 Å². The van der Waals surface area contributed by atoms with Crippen molar-refractivity contribution < 1.29 is 0 Å². The van der Waals surface area contributed by atoms with Crippen LogP contribution in [0.15, 0.2) is 182 Å². The van der Waals surface area contributed by atoms with Gasteiger partial charge in [-0.15, -0.1) is 0 Å². The first-order valence-corrected chi connectivity index (χ1v) is 17.8. The summed E-state index contributed by atoms with van der Waals surface area (Å²) in [6.45, 7) is 4.71. The molecule has 0 N–H and O–H groups in total. The molecule has 0 spiro atoms. The molecule has 0 saturated heterocycles. The Morgan fingerprint density at radius 2 is 1.08 bits per heavy atom. The molecule has 0 radical (unpaired) electrons. The van der Waals surface area contributed by atoms with Gasteiger partial charge in [-0.25, -0.2) is 0 Å². The molecule has 0 bridgehead atoms. The van der Waals surface area contributed by atoms with Crippen LogP contribution in [-0.2, 0) is 5.41 Å². The van der Waals surface area contributed by atoms with Gasteiger partial charge in [-0.05, 0) is 93.4 Å². The van der Waals surface area contributed by atoms with Gasteiger partial charge in [0.15, 0.2) is 0 Å². The second-order valence-corrected chi connectivity index (χ2v) is 14.2. The Kier molecular flexibility index (Phi) is 6.56. The lowest BCUT2D eigenvalue weighted by molar-refractivity contribution is 0.660. The number of anilines is 3. The number of hydrogen-bond donors (Lipinski definition) is 0. The number of hydrogen-bond acceptors (Lipinski definition) is 1. The third-order valence-electron chi connectivity index (χ3n) is 10.9. The van der Waals surface area contributed by atoms with Crippen LogP contribution < -0.4 is 4.90 Å². The fourth-order valence-corrected chi connectivity index (χ4v) is 8.56. The number of benzene rings is 8. The van der Waals surface area contributed by atoms with Crippen LogP contribution in [0.4, 0.5) is 17.1 Å². The van der Waals surface area contributed by atoms with Crippen molar-refractivity contribution in [3.05, 3.63) is 193 Å². The fourth-order valence-electron chi connectivity index (χ4n) is 8.56. The lowest BCUT2D eigenvalue weighted by atomic mass is 9.82. The predicted molar refractivity (Wildman–Crippen MR) is 216 cm³/mol. The minimum absolute atomic E-state index is 0.0944. The molecule has 242 valence electrons. The van der Waals surface area contributed by atoms with Gasteiger partial charge in [0, 0.05) is 44.3 Å². The average molecular weight is 653 g/mol. The van der Waals surface area contributed by atoms with Crippen molar-refractivity contribution in [1.82, 2.24) is 4.57 Å². The highest BCUT2D eigenvalue weighted by Crippen LogP contribution is 2.51. The molecule has 0 saturated carbocycles. The number of para-hydroxylation sites is 2. The molecule has 0 aliphatic heterocycles. The van der Waals surface area contributed by atoms with E-state index in [-0.39, 0.29) is 5.41 Å². The van der Waals surface area contributed by atoms with Gasteiger partial charge in [0.25, 0.3) is 0 Å². The van der Waals surface area contributed by atoms with Crippen molar-refractivity contribution in [3.8, 4) is 27.9 Å². The average Bonchev–Trinajstić information content (AvgIpc) is 3.64. The van der Waals surface area contributed by atoms with Crippen LogP contribution in [0, 0.1) is 0 Å². The van der Waals surface area contributed by atoms with E-state index in [9.17, 15) is 0 Å². The summed E-state index contributed by atoms with van der Waals surface area (Å²) in [5.74, 6) is 0. The third-order valence-corrected chi connectivity index (χ3v) is 10.9. The highest BCUT2D eigenvalue weighted by atomic mass is 15.1. The first-order chi connectivity index (χ1) is 25.1. The van der Waals surface area contributed by atoms with Gasteiger partial charge in [0.05, 0.1) is 11.0 Å². The van der Waals surface area contributed by atoms with Crippen LogP contribution >= 0.6 is 0 Å². The Morgan fingerprint density at radius 3 is 1.88 bits per heavy atom. The number of fused-ring (bicyclic) bond motifs is 8. The maximum absolute atomic E-state index is 2.48. The van der Waals surface area contributed by atoms with Crippen LogP contribution in [0.1, 0.15) is 25.0 Å². The van der Waals surface area contributed by atoms with E-state index < -0.39 is 0 Å². The maximum atomic E-state index is 2.48. The first kappa shape index (κ1) is 29.5. The van der Waals surface area contributed by atoms with Crippen LogP contribution in [0.5, 0.6) is 0 Å². The zero-order valence-electron chi connectivity index (χ0n) is 28.7. The van der Waals surface area contributed by atoms with E-state index in [1.54, 1.807) is 0 Å². The zero-order chi connectivity index (χ0) is 34.1. The van der Waals surface area contributed by atoms with Gasteiger partial charge in [-0.1, -0.05) is 141 Å². The Hall–Kier alpha value is -6.38. The summed E-state index contributed by atoms with van der Waals surface area (Å²) < 4.78 is 2.48. The third kappa shape index (κ3) is 4.50. The molecule has 2 heteroatoms. The first-order valence-electron chi connectivity index (χ1n) is 17.8. The highest BCUT2D eigenvalue weighted by Gasteiger charge is 2.35. The largest absolute Gasteiger partial charge is 0.310 e. The molecule has 1 heterocycles. The second-order valence-electron chi connectivity index (χ2n) is 14.2. The van der Waals surface area contributed by atoms with Gasteiger partial charge in [0.1, 0.15) is 0 Å². The van der Waals surface area contributed by atoms with Crippen molar-refractivity contribution >= 4 is 49.6 Å². The van der Waals surface area contributed by atoms with E-state index in [1.165, 1.54) is 66.0 Å². The Morgan fingerprint density at radius 1 is 0.451 bits per heavy atom. The van der Waals surface area contributed by atoms with Gasteiger partial charge in [-0.3, -0.25) is 0 Å². The molecule has 1 aliphatic rings. The molecule has 1 aromatic heterocycles. The summed E-state index contributed by atoms with van der Waals surface area (Å²) in [6, 6.07) is 66.6. The van der Waals surface area contributed by atoms with Crippen molar-refractivity contribution in [1.29, 1.82) is 0 Å². The lowest BCUT2D eigenvalue weighted by Crippen LogP contribution is -2.16. The summed E-state index contributed by atoms with van der Waals surface area (Å²) in [6.07, 6.45) is 0. The Bertz CT molecular complexity index is 2760. The Labute approximate surface area is 298 Å². The molecule has 8 aromatic carbocycles. The van der Waals surface area contributed by atoms with Gasteiger partial charge in [-0.2, -0.15) is 0 Å². The van der Waals surface area contributed by atoms with Crippen LogP contribution in [0.3, 0.4) is 0 Å². The van der Waals surface area contributed by atoms with Gasteiger partial charge >= 0.3 is 0 Å². The molecular formula is C49H36N2. The van der Waals surface area contributed by atoms with E-state index in [0.29, 0.717) is 0 Å². The van der Waals surface area contributed by atoms with Crippen molar-refractivity contribution in [2.24, 2.45) is 0 Å². The molecule has 51 heavy (non-hydrogen) atoms. The summed E-state index contributed by atoms with van der Waals surface area (Å²) in [4.78, 5) is 2.42. The minimum atomic E-state index is -0.0944. The van der Waals surface area contributed by atoms with Crippen LogP contribution in [0.25, 0.3) is 60.5 Å². The highest BCUT2D eigenvalue weighted by molar-refractivity contribution is 6.24. The van der Waals surface area contributed by atoms with Gasteiger partial charge < -0.3 is 9.47 Å². The topological polar surface area (TPSA) is 8.17 Å². The van der Waals surface area contributed by atoms with Crippen LogP contribution in [0.2, 0.25) is 0 Å². The van der Waals surface area contributed by atoms with E-state index in [0.717, 1.165) is 22.7 Å². The maximum Gasteiger partial charge on any atom is 0.0625 e. The van der Waals surface area contributed by atoms with Gasteiger partial charge in [0.2, 0.25) is 0 Å². The quantitative estimate of drug-likeness (QED) is 0.180. The molecule has 0 unspecified atom stereocenters. The predicted octanol–water partition coefficient (Wildman–Crippen LogP) is 13.4. The smallest absolute Gasteiger partial charge is 0.0625 e. The minimum Gasteiger partial charge on any atom is -0.310 e. The lowest BCUT2D eigenvalue weighted by Gasteiger charge is -2.28. The second kappa shape index (κ2) is 11.3. The van der Waals surface area contributed by atoms with E-state index in [4.69, 9.17) is 0 Å². The van der Waals surface area contributed by atoms with Crippen molar-refractivity contribution in [3.63, 3.8) is 0 Å². The number of nitrogens with zero attached hydrogens (tertiary/aromatic N) is 2. The monoisotopic (exact) mass is 652 g/mol. The molecule has 0 fully saturated rings. The summed E-state index contributed by atoms with van der Waals surface area (Å²) in [7, 11) is 0. The van der Waals surface area contributed by atoms with E-state index >= 15 is 0 Å². The zero-order valence-corrected chi connectivity index (χ0v) is 28.7. The van der Waals surface area contributed by atoms with Crippen LogP contribution in [-0.4, -0.2) is 4.57 Å². The summed E-state index contributed by atoms with van der Waals surface area (Å²) in [5, 5.41) is 4.99.